The van der Waals surface area contributed by atoms with Crippen molar-refractivity contribution in [3.05, 3.63) is 75.9 Å². The van der Waals surface area contributed by atoms with Crippen LogP contribution in [0.1, 0.15) is 50.2 Å². The molecule has 0 aliphatic carbocycles. The van der Waals surface area contributed by atoms with E-state index in [-0.39, 0.29) is 54.9 Å². The number of anilines is 2. The minimum absolute atomic E-state index is 0.0109. The number of rotatable bonds is 14. The first kappa shape index (κ1) is 46.8. The number of aromatic nitrogens is 3. The minimum atomic E-state index is -4.10. The van der Waals surface area contributed by atoms with Gasteiger partial charge in [-0.05, 0) is 51.3 Å². The lowest BCUT2D eigenvalue weighted by Gasteiger charge is -2.17. The van der Waals surface area contributed by atoms with Crippen molar-refractivity contribution in [1.29, 1.82) is 0 Å². The molecule has 0 aliphatic heterocycles. The molecule has 0 aliphatic rings. The molecule has 0 saturated heterocycles. The van der Waals surface area contributed by atoms with Gasteiger partial charge in [0.2, 0.25) is 10.0 Å². The Bertz CT molecular complexity index is 2040. The van der Waals surface area contributed by atoms with Gasteiger partial charge in [-0.25, -0.2) is 17.8 Å². The van der Waals surface area contributed by atoms with E-state index in [0.717, 1.165) is 25.2 Å². The molecule has 0 fully saturated rings. The molecule has 20 nitrogen and oxygen atoms in total. The first-order valence-electron chi connectivity index (χ1n) is 14.9. The van der Waals surface area contributed by atoms with Crippen molar-refractivity contribution in [2.45, 2.75) is 60.1 Å². The van der Waals surface area contributed by atoms with E-state index < -0.39 is 58.5 Å². The summed E-state index contributed by atoms with van der Waals surface area (Å²) in [5.74, 6) is -1.37. The molecule has 0 unspecified atom stereocenters. The van der Waals surface area contributed by atoms with Crippen LogP contribution in [0.5, 0.6) is 0 Å². The number of carbonyl (C=O) groups is 1. The van der Waals surface area contributed by atoms with Gasteiger partial charge in [-0.2, -0.15) is 13.5 Å². The molecule has 3 rings (SSSR count). The molecule has 0 radical (unpaired) electrons. The van der Waals surface area contributed by atoms with Gasteiger partial charge < -0.3 is 20.2 Å². The van der Waals surface area contributed by atoms with Gasteiger partial charge in [0.05, 0.1) is 50.4 Å². The Morgan fingerprint density at radius 1 is 1.06 bits per heavy atom. The number of hydrogen-bond donors (Lipinski definition) is 6. The largest absolute Gasteiger partial charge is 0.480 e. The van der Waals surface area contributed by atoms with Crippen LogP contribution in [0.25, 0.3) is 5.69 Å². The van der Waals surface area contributed by atoms with Crippen LogP contribution in [0.3, 0.4) is 0 Å². The Balaban J connectivity index is 0.000000428. The zero-order valence-electron chi connectivity index (χ0n) is 28.8. The lowest BCUT2D eigenvalue weighted by Crippen LogP contribution is -2.25. The minimum Gasteiger partial charge on any atom is -0.480 e. The summed E-state index contributed by atoms with van der Waals surface area (Å²) in [6.07, 6.45) is 1.77. The Hall–Kier alpha value is -4.25. The van der Waals surface area contributed by atoms with E-state index >= 15 is 0 Å². The molecule has 0 atom stereocenters. The predicted octanol–water partition coefficient (Wildman–Crippen LogP) is 4.93. The Morgan fingerprint density at radius 2 is 1.62 bits per heavy atom. The number of carboxylic acids is 1. The molecule has 0 amide bonds. The fourth-order valence-electron chi connectivity index (χ4n) is 4.24. The summed E-state index contributed by atoms with van der Waals surface area (Å²) >= 11 is 11.8. The molecule has 296 valence electrons. The van der Waals surface area contributed by atoms with Gasteiger partial charge >= 0.3 is 31.5 Å². The van der Waals surface area contributed by atoms with Crippen molar-refractivity contribution < 1.29 is 51.3 Å². The molecule has 1 aromatic heterocycles. The number of hydrogen-bond acceptors (Lipinski definition) is 12. The number of benzene rings is 2. The summed E-state index contributed by atoms with van der Waals surface area (Å²) in [5, 5.41) is 39.1. The molecule has 6 N–H and O–H groups in total. The highest BCUT2D eigenvalue weighted by molar-refractivity contribution is 7.92. The Morgan fingerprint density at radius 3 is 2.04 bits per heavy atom. The first-order chi connectivity index (χ1) is 24.3. The summed E-state index contributed by atoms with van der Waals surface area (Å²) in [4.78, 5) is 59.5. The van der Waals surface area contributed by atoms with Gasteiger partial charge in [-0.3, -0.25) is 39.6 Å². The van der Waals surface area contributed by atoms with Crippen LogP contribution in [-0.2, 0) is 19.4 Å². The third-order valence-corrected chi connectivity index (χ3v) is 8.68. The van der Waals surface area contributed by atoms with Crippen molar-refractivity contribution in [1.82, 2.24) is 19.7 Å². The van der Waals surface area contributed by atoms with Crippen molar-refractivity contribution in [2.75, 3.05) is 29.1 Å². The van der Waals surface area contributed by atoms with Crippen LogP contribution in [0, 0.1) is 41.0 Å². The highest BCUT2D eigenvalue weighted by Crippen LogP contribution is 2.40. The summed E-state index contributed by atoms with van der Waals surface area (Å²) in [6, 6.07) is 3.66. The fraction of sp³-hybridized carbons (Fsp3) is 0.444. The monoisotopic (exact) mass is 836 g/mol. The SMILES string of the molecule is CCC(CC)Nc1c([N+](=O)[O-])cc(C)c(C)c1[N+](=O)[O-].Cc1nn(-c2cc(NS(C)(=O)=O)c(Cl)cc2Cl)c(=O)n1C(F)F.O=C(O)CNCP(=O)(O)O. The summed E-state index contributed by atoms with van der Waals surface area (Å²) < 4.78 is 61.3. The first-order valence-corrected chi connectivity index (χ1v) is 19.3. The van der Waals surface area contributed by atoms with Gasteiger partial charge in [0, 0.05) is 17.7 Å². The molecule has 0 saturated carbocycles. The van der Waals surface area contributed by atoms with E-state index in [4.69, 9.17) is 38.1 Å². The summed E-state index contributed by atoms with van der Waals surface area (Å²) in [5.41, 5.74) is -0.717. The predicted molar refractivity (Wildman–Crippen MR) is 192 cm³/mol. The average Bonchev–Trinajstić information content (AvgIpc) is 3.30. The highest BCUT2D eigenvalue weighted by atomic mass is 35.5. The van der Waals surface area contributed by atoms with Gasteiger partial charge in [0.15, 0.2) is 5.69 Å². The van der Waals surface area contributed by atoms with Crippen LogP contribution in [0.2, 0.25) is 10.0 Å². The number of nitrogens with zero attached hydrogens (tertiary/aromatic N) is 5. The van der Waals surface area contributed by atoms with Crippen LogP contribution in [-0.4, -0.2) is 78.6 Å². The van der Waals surface area contributed by atoms with Crippen LogP contribution >= 0.6 is 30.8 Å². The number of nitro benzene ring substituents is 2. The fourth-order valence-corrected chi connectivity index (χ4v) is 5.77. The van der Waals surface area contributed by atoms with E-state index in [2.05, 4.69) is 20.5 Å². The topological polar surface area (TPSA) is 291 Å². The number of alkyl halides is 2. The molecule has 2 aromatic carbocycles. The molecule has 26 heteroatoms. The van der Waals surface area contributed by atoms with Gasteiger partial charge in [-0.1, -0.05) is 37.0 Å². The van der Waals surface area contributed by atoms with Crippen molar-refractivity contribution in [2.24, 2.45) is 0 Å². The maximum atomic E-state index is 12.8. The second kappa shape index (κ2) is 19.7. The number of aryl methyl sites for hydroxylation is 2. The standard InChI is InChI=1S/C13H19N3O4.C11H10Cl2F2N4O3S.C3H8NO5P/c1-5-10(6-2)14-12-11(15(17)18)7-8(3)9(4)13(12)16(19)20;1-5-16-19(11(20)18(5)10(14)15)9-4-8(17-23(2,21)22)6(12)3-7(9)13;5-3(6)1-4-2-10(7,8)9/h7,10,14H,5-6H2,1-4H3;3-4,10,17H,1-2H3;4H,1-2H2,(H,5,6)(H2,7,8,9). The summed E-state index contributed by atoms with van der Waals surface area (Å²) in [7, 11) is -7.74. The zero-order chi connectivity index (χ0) is 41.2. The number of nitrogens with one attached hydrogen (secondary N) is 3. The van der Waals surface area contributed by atoms with Gasteiger partial charge in [0.1, 0.15) is 5.82 Å². The summed E-state index contributed by atoms with van der Waals surface area (Å²) in [6.45, 7) is 4.82. The normalized spacial score (nSPS) is 11.4. The van der Waals surface area contributed by atoms with E-state index in [1.54, 1.807) is 13.8 Å². The Labute approximate surface area is 310 Å². The molecule has 3 aromatic rings. The number of aliphatic carboxylic acids is 1. The number of nitro groups is 2. The molecule has 53 heavy (non-hydrogen) atoms. The van der Waals surface area contributed by atoms with E-state index in [0.29, 0.717) is 15.8 Å². The number of carboxylic acid groups (broad SMARTS) is 1. The van der Waals surface area contributed by atoms with Crippen molar-refractivity contribution in [3.63, 3.8) is 0 Å². The number of halogens is 4. The molecule has 1 heterocycles. The molecular formula is C27H37Cl2F2N8O12PS. The van der Waals surface area contributed by atoms with Crippen LogP contribution in [0.15, 0.2) is 23.0 Å². The second-order valence-corrected chi connectivity index (χ2v) is 15.1. The highest BCUT2D eigenvalue weighted by Gasteiger charge is 2.30. The smallest absolute Gasteiger partial charge is 0.355 e. The van der Waals surface area contributed by atoms with Crippen molar-refractivity contribution >= 4 is 69.5 Å². The quantitative estimate of drug-likeness (QED) is 0.0713. The lowest BCUT2D eigenvalue weighted by atomic mass is 10.0. The van der Waals surface area contributed by atoms with Crippen LogP contribution < -0.4 is 21.0 Å². The lowest BCUT2D eigenvalue weighted by molar-refractivity contribution is -0.392. The average molecular weight is 838 g/mol. The third-order valence-electron chi connectivity index (χ3n) is 6.84. The van der Waals surface area contributed by atoms with Crippen LogP contribution in [0.4, 0.5) is 31.5 Å². The third kappa shape index (κ3) is 14.2. The Kier molecular flexibility index (Phi) is 17.4. The van der Waals surface area contributed by atoms with E-state index in [1.807, 2.05) is 13.8 Å². The van der Waals surface area contributed by atoms with E-state index in [1.165, 1.54) is 19.1 Å². The zero-order valence-corrected chi connectivity index (χ0v) is 32.1. The maximum Gasteiger partial charge on any atom is 0.355 e. The van der Waals surface area contributed by atoms with E-state index in [9.17, 15) is 51.6 Å². The second-order valence-electron chi connectivity index (χ2n) is 10.9. The number of sulfonamides is 1. The van der Waals surface area contributed by atoms with Crippen molar-refractivity contribution in [3.8, 4) is 5.69 Å². The molecular weight excluding hydrogens is 800 g/mol. The van der Waals surface area contributed by atoms with Gasteiger partial charge in [0.25, 0.3) is 5.69 Å². The van der Waals surface area contributed by atoms with Gasteiger partial charge in [-0.15, -0.1) is 5.10 Å². The molecule has 0 bridgehead atoms. The molecule has 0 spiro atoms. The maximum absolute atomic E-state index is 12.8.